The molecule has 0 spiro atoms. The summed E-state index contributed by atoms with van der Waals surface area (Å²) in [5, 5.41) is 9.29. The molecular formula is C58H42N2Si. The Morgan fingerprint density at radius 3 is 1.52 bits per heavy atom. The molecule has 3 heteroatoms. The Hall–Kier alpha value is -7.72. The maximum Gasteiger partial charge on any atom is 0.179 e. The highest BCUT2D eigenvalue weighted by molar-refractivity contribution is 7.19. The average Bonchev–Trinajstić information content (AvgIpc) is 3.71. The molecule has 0 radical (unpaired) electrons. The third-order valence-corrected chi connectivity index (χ3v) is 16.8. The number of nitrogens with zero attached hydrogens (tertiary/aromatic N) is 2. The van der Waals surface area contributed by atoms with Gasteiger partial charge >= 0.3 is 0 Å². The Labute approximate surface area is 364 Å². The van der Waals surface area contributed by atoms with Crippen molar-refractivity contribution in [3.8, 4) is 16.8 Å². The maximum atomic E-state index is 9.07. The van der Waals surface area contributed by atoms with Crippen LogP contribution in [0, 0.1) is 0 Å². The van der Waals surface area contributed by atoms with E-state index >= 15 is 0 Å². The van der Waals surface area contributed by atoms with Gasteiger partial charge in [0.2, 0.25) is 0 Å². The lowest BCUT2D eigenvalue weighted by atomic mass is 9.98. The van der Waals surface area contributed by atoms with Gasteiger partial charge < -0.3 is 9.47 Å². The van der Waals surface area contributed by atoms with Crippen LogP contribution in [-0.4, -0.2) is 12.6 Å². The normalized spacial score (nSPS) is 12.8. The molecule has 11 aromatic rings. The highest BCUT2D eigenvalue weighted by Crippen LogP contribution is 2.44. The lowest BCUT2D eigenvalue weighted by Crippen LogP contribution is -2.74. The van der Waals surface area contributed by atoms with E-state index < -0.39 is 14.1 Å². The molecule has 0 aliphatic carbocycles. The molecule has 0 fully saturated rings. The number of benzene rings is 10. The summed E-state index contributed by atoms with van der Waals surface area (Å²) >= 11 is 0. The van der Waals surface area contributed by atoms with Crippen LogP contribution in [-0.2, 0) is 0 Å². The van der Waals surface area contributed by atoms with Crippen LogP contribution >= 0.6 is 0 Å². The zero-order valence-electron chi connectivity index (χ0n) is 38.3. The Bertz CT molecular complexity index is 3450. The van der Waals surface area contributed by atoms with Gasteiger partial charge in [-0.2, -0.15) is 0 Å². The van der Waals surface area contributed by atoms with Gasteiger partial charge in [0.25, 0.3) is 0 Å². The van der Waals surface area contributed by atoms with E-state index in [1.165, 1.54) is 31.5 Å². The molecule has 0 aliphatic heterocycles. The molecule has 0 amide bonds. The van der Waals surface area contributed by atoms with Gasteiger partial charge in [-0.05, 0) is 97.2 Å². The van der Waals surface area contributed by atoms with Crippen molar-refractivity contribution >= 4 is 78.5 Å². The number of para-hydroxylation sites is 2. The molecule has 0 saturated heterocycles. The summed E-state index contributed by atoms with van der Waals surface area (Å²) < 4.78 is 45.6. The topological polar surface area (TPSA) is 8.17 Å². The third kappa shape index (κ3) is 6.18. The predicted molar refractivity (Wildman–Crippen MR) is 262 cm³/mol. The Kier molecular flexibility index (Phi) is 7.92. The molecule has 0 aliphatic rings. The van der Waals surface area contributed by atoms with Gasteiger partial charge in [-0.15, -0.1) is 0 Å². The molecule has 10 aromatic carbocycles. The first-order valence-electron chi connectivity index (χ1n) is 23.1. The van der Waals surface area contributed by atoms with Gasteiger partial charge in [-0.3, -0.25) is 0 Å². The third-order valence-electron chi connectivity index (χ3n) is 12.0. The second-order valence-electron chi connectivity index (χ2n) is 15.3. The van der Waals surface area contributed by atoms with Crippen molar-refractivity contribution in [2.24, 2.45) is 0 Å². The Balaban J connectivity index is 1.16. The van der Waals surface area contributed by atoms with Crippen LogP contribution in [0.4, 0.5) is 17.1 Å². The molecule has 2 nitrogen and oxygen atoms in total. The van der Waals surface area contributed by atoms with Crippen LogP contribution < -0.4 is 25.6 Å². The second kappa shape index (κ2) is 15.5. The molecule has 61 heavy (non-hydrogen) atoms. The Morgan fingerprint density at radius 1 is 0.393 bits per heavy atom. The molecule has 11 rings (SSSR count). The van der Waals surface area contributed by atoms with E-state index in [1.54, 1.807) is 0 Å². The SMILES string of the molecule is [2H]c1c([2H])c([2H])c(-n2c3ccccc3c3c(N(c4ccc(-c5cccc6ccccc56)cc4)c4ccc([Si](c5ccccc5)(c5ccccc5)c5ccccc5)cc4)cccc32)c([2H])c1[2H]. The smallest absolute Gasteiger partial charge is 0.179 e. The first kappa shape index (κ1) is 31.2. The van der Waals surface area contributed by atoms with E-state index in [0.717, 1.165) is 50.0 Å². The van der Waals surface area contributed by atoms with E-state index in [0.29, 0.717) is 0 Å². The molecule has 0 atom stereocenters. The first-order valence-corrected chi connectivity index (χ1v) is 22.6. The first-order chi connectivity index (χ1) is 32.4. The number of anilines is 3. The van der Waals surface area contributed by atoms with Crippen molar-refractivity contribution in [2.75, 3.05) is 4.90 Å². The summed E-state index contributed by atoms with van der Waals surface area (Å²) in [5.74, 6) is 0. The van der Waals surface area contributed by atoms with E-state index in [-0.39, 0.29) is 29.9 Å². The molecule has 1 heterocycles. The van der Waals surface area contributed by atoms with Crippen LogP contribution in [0.1, 0.15) is 6.85 Å². The molecular weight excluding hydrogens is 753 g/mol. The van der Waals surface area contributed by atoms with Crippen LogP contribution in [0.3, 0.4) is 0 Å². The summed E-state index contributed by atoms with van der Waals surface area (Å²) in [7, 11) is -2.82. The number of aromatic nitrogens is 1. The van der Waals surface area contributed by atoms with Gasteiger partial charge in [0.1, 0.15) is 0 Å². The fourth-order valence-corrected chi connectivity index (χ4v) is 14.1. The lowest BCUT2D eigenvalue weighted by Gasteiger charge is -2.35. The average molecular weight is 800 g/mol. The Morgan fingerprint density at radius 2 is 0.885 bits per heavy atom. The van der Waals surface area contributed by atoms with Gasteiger partial charge in [0, 0.05) is 27.8 Å². The van der Waals surface area contributed by atoms with Crippen molar-refractivity contribution in [2.45, 2.75) is 0 Å². The number of rotatable bonds is 9. The highest BCUT2D eigenvalue weighted by atomic mass is 28.3. The van der Waals surface area contributed by atoms with Crippen LogP contribution in [0.15, 0.2) is 255 Å². The molecule has 0 N–H and O–H groups in total. The van der Waals surface area contributed by atoms with E-state index in [2.05, 4.69) is 199 Å². The van der Waals surface area contributed by atoms with Crippen molar-refractivity contribution in [1.82, 2.24) is 4.57 Å². The van der Waals surface area contributed by atoms with Crippen LogP contribution in [0.2, 0.25) is 0 Å². The highest BCUT2D eigenvalue weighted by Gasteiger charge is 2.41. The van der Waals surface area contributed by atoms with Crippen molar-refractivity contribution in [1.29, 1.82) is 0 Å². The summed E-state index contributed by atoms with van der Waals surface area (Å²) in [6.45, 7) is 0. The second-order valence-corrected chi connectivity index (χ2v) is 19.1. The van der Waals surface area contributed by atoms with Crippen molar-refractivity contribution in [3.63, 3.8) is 0 Å². The predicted octanol–water partition coefficient (Wildman–Crippen LogP) is 12.5. The summed E-state index contributed by atoms with van der Waals surface area (Å²) in [4.78, 5) is 2.29. The molecule has 0 unspecified atom stereocenters. The van der Waals surface area contributed by atoms with Gasteiger partial charge in [-0.1, -0.05) is 200 Å². The van der Waals surface area contributed by atoms with Crippen LogP contribution in [0.5, 0.6) is 0 Å². The van der Waals surface area contributed by atoms with Crippen molar-refractivity contribution < 1.29 is 6.85 Å². The van der Waals surface area contributed by atoms with Gasteiger partial charge in [-0.25, -0.2) is 0 Å². The largest absolute Gasteiger partial charge is 0.310 e. The fraction of sp³-hybridized carbons (Fsp3) is 0. The standard InChI is InChI=1S/C58H42N2Si/c1-5-21-45(22-6-1)60-55-32-16-15-30-54(55)58-56(33-18-34-57(58)60)59(46-37-35-44(36-38-46)53-31-17-20-43-19-13-14-29-52(43)53)47-39-41-51(42-40-47)61(48-23-7-2-8-24-48,49-25-9-3-10-26-49)50-27-11-4-12-28-50/h1-42H/i1D,5D,6D,21D,22D. The van der Waals surface area contributed by atoms with Gasteiger partial charge in [0.15, 0.2) is 8.07 Å². The minimum absolute atomic E-state index is 0.115. The quantitative estimate of drug-likeness (QED) is 0.104. The summed E-state index contributed by atoms with van der Waals surface area (Å²) in [6.07, 6.45) is 0. The monoisotopic (exact) mass is 799 g/mol. The van der Waals surface area contributed by atoms with Gasteiger partial charge in [0.05, 0.1) is 23.6 Å². The van der Waals surface area contributed by atoms with E-state index in [4.69, 9.17) is 6.85 Å². The minimum Gasteiger partial charge on any atom is -0.310 e. The minimum atomic E-state index is -2.82. The summed E-state index contributed by atoms with van der Waals surface area (Å²) in [5.41, 5.74) is 6.61. The van der Waals surface area contributed by atoms with E-state index in [9.17, 15) is 0 Å². The summed E-state index contributed by atoms with van der Waals surface area (Å²) in [6, 6.07) is 77.8. The molecule has 0 saturated carbocycles. The zero-order valence-corrected chi connectivity index (χ0v) is 34.3. The lowest BCUT2D eigenvalue weighted by molar-refractivity contribution is 1.18. The number of fused-ring (bicyclic) bond motifs is 4. The maximum absolute atomic E-state index is 9.07. The van der Waals surface area contributed by atoms with Crippen LogP contribution in [0.25, 0.3) is 49.4 Å². The fourth-order valence-electron chi connectivity index (χ4n) is 9.40. The molecule has 1 aromatic heterocycles. The number of hydrogen-bond donors (Lipinski definition) is 0. The molecule has 288 valence electrons. The number of hydrogen-bond acceptors (Lipinski definition) is 1. The van der Waals surface area contributed by atoms with E-state index in [1.807, 2.05) is 34.9 Å². The van der Waals surface area contributed by atoms with Crippen molar-refractivity contribution in [3.05, 3.63) is 255 Å². The molecule has 0 bridgehead atoms. The zero-order chi connectivity index (χ0) is 44.9.